The highest BCUT2D eigenvalue weighted by Gasteiger charge is 2.56. The van der Waals surface area contributed by atoms with Gasteiger partial charge in [-0.1, -0.05) is 96.9 Å². The number of hydrogen-bond donors (Lipinski definition) is 0. The molecule has 0 aromatic rings. The van der Waals surface area contributed by atoms with Gasteiger partial charge in [-0.3, -0.25) is 0 Å². The van der Waals surface area contributed by atoms with E-state index in [0.717, 1.165) is 35.5 Å². The number of allylic oxidation sites excluding steroid dienone is 4. The highest BCUT2D eigenvalue weighted by atomic mass is 14.6. The topological polar surface area (TPSA) is 0 Å². The van der Waals surface area contributed by atoms with Crippen LogP contribution in [0.5, 0.6) is 0 Å². The van der Waals surface area contributed by atoms with Crippen molar-refractivity contribution in [3.8, 4) is 0 Å². The predicted octanol–water partition coefficient (Wildman–Crippen LogP) is 11.7. The number of fused-ring (bicyclic) bond motifs is 1. The molecule has 7 atom stereocenters. The van der Waals surface area contributed by atoms with Crippen molar-refractivity contribution in [2.75, 3.05) is 0 Å². The van der Waals surface area contributed by atoms with Gasteiger partial charge in [-0.15, -0.1) is 6.58 Å². The summed E-state index contributed by atoms with van der Waals surface area (Å²) in [5.74, 6) is 5.40. The Kier molecular flexibility index (Phi) is 11.0. The summed E-state index contributed by atoms with van der Waals surface area (Å²) in [4.78, 5) is 0. The SMILES string of the molecule is C=C/C(=C\C)C1CCCCC1(C)C1CCC2(C)C(CCCC(=C)C)CCC2C1C.CC1CCCCC1. The van der Waals surface area contributed by atoms with Crippen LogP contribution in [0.1, 0.15) is 144 Å². The van der Waals surface area contributed by atoms with Gasteiger partial charge in [0.15, 0.2) is 0 Å². The first kappa shape index (κ1) is 29.8. The highest BCUT2D eigenvalue weighted by molar-refractivity contribution is 5.23. The van der Waals surface area contributed by atoms with Crippen LogP contribution in [0.3, 0.4) is 0 Å². The summed E-state index contributed by atoms with van der Waals surface area (Å²) in [7, 11) is 0. The molecule has 0 aliphatic heterocycles. The van der Waals surface area contributed by atoms with Crippen LogP contribution < -0.4 is 0 Å². The molecule has 4 rings (SSSR count). The summed E-state index contributed by atoms with van der Waals surface area (Å²) >= 11 is 0. The van der Waals surface area contributed by atoms with Crippen molar-refractivity contribution in [1.29, 1.82) is 0 Å². The Morgan fingerprint density at radius 3 is 2.08 bits per heavy atom. The second-order valence-electron chi connectivity index (χ2n) is 14.3. The van der Waals surface area contributed by atoms with E-state index in [1.807, 2.05) is 0 Å². The van der Waals surface area contributed by atoms with Crippen LogP contribution in [-0.2, 0) is 0 Å². The lowest BCUT2D eigenvalue weighted by Gasteiger charge is -2.56. The van der Waals surface area contributed by atoms with Crippen molar-refractivity contribution in [1.82, 2.24) is 0 Å². The van der Waals surface area contributed by atoms with E-state index < -0.39 is 0 Å². The molecule has 0 heterocycles. The van der Waals surface area contributed by atoms with Gasteiger partial charge in [-0.05, 0) is 124 Å². The van der Waals surface area contributed by atoms with Crippen molar-refractivity contribution in [2.24, 2.45) is 46.3 Å². The van der Waals surface area contributed by atoms with Gasteiger partial charge in [0.25, 0.3) is 0 Å². The smallest absolute Gasteiger partial charge is 0.0109 e. The highest BCUT2D eigenvalue weighted by Crippen LogP contribution is 2.65. The van der Waals surface area contributed by atoms with E-state index in [4.69, 9.17) is 0 Å². The third kappa shape index (κ3) is 6.61. The quantitative estimate of drug-likeness (QED) is 0.244. The molecular formula is C36H62. The molecule has 0 N–H and O–H groups in total. The Hall–Kier alpha value is -0.780. The Morgan fingerprint density at radius 1 is 0.833 bits per heavy atom. The molecule has 0 bridgehead atoms. The van der Waals surface area contributed by atoms with Crippen LogP contribution in [-0.4, -0.2) is 0 Å². The Morgan fingerprint density at radius 2 is 1.50 bits per heavy atom. The molecule has 7 unspecified atom stereocenters. The normalized spacial score (nSPS) is 39.6. The summed E-state index contributed by atoms with van der Waals surface area (Å²) < 4.78 is 0. The fraction of sp³-hybridized carbons (Fsp3) is 0.833. The molecule has 36 heavy (non-hydrogen) atoms. The summed E-state index contributed by atoms with van der Waals surface area (Å²) in [6.07, 6.45) is 27.4. The second-order valence-corrected chi connectivity index (χ2v) is 14.3. The van der Waals surface area contributed by atoms with Crippen LogP contribution in [0.2, 0.25) is 0 Å². The van der Waals surface area contributed by atoms with Gasteiger partial charge in [0.1, 0.15) is 0 Å². The maximum Gasteiger partial charge on any atom is -0.0109 e. The molecule has 4 saturated carbocycles. The third-order valence-electron chi connectivity index (χ3n) is 12.0. The van der Waals surface area contributed by atoms with Gasteiger partial charge in [0.2, 0.25) is 0 Å². The first-order chi connectivity index (χ1) is 17.2. The largest absolute Gasteiger partial charge is 0.100 e. The average Bonchev–Trinajstić information content (AvgIpc) is 3.19. The Bertz CT molecular complexity index is 735. The van der Waals surface area contributed by atoms with Crippen LogP contribution in [0.25, 0.3) is 0 Å². The predicted molar refractivity (Wildman–Crippen MR) is 161 cm³/mol. The van der Waals surface area contributed by atoms with Gasteiger partial charge >= 0.3 is 0 Å². The van der Waals surface area contributed by atoms with E-state index in [1.165, 1.54) is 114 Å². The standard InChI is InChI=1S/C29H48.C7H14/c1-8-23(9-2)27-15-10-11-19-29(27,7)26-18-20-28(6)24(14-12-13-21(3)4)16-17-25(28)22(26)5;1-7-5-3-2-4-6-7/h8-9,22,24-27H,1,3,10-20H2,2,4-7H3;7H,2-6H2,1H3/b23-9+;. The zero-order valence-electron chi connectivity index (χ0n) is 25.3. The molecule has 0 aromatic carbocycles. The molecule has 0 amide bonds. The molecule has 0 radical (unpaired) electrons. The van der Waals surface area contributed by atoms with Crippen LogP contribution >= 0.6 is 0 Å². The summed E-state index contributed by atoms with van der Waals surface area (Å²) in [6, 6.07) is 0. The zero-order valence-corrected chi connectivity index (χ0v) is 25.3. The summed E-state index contributed by atoms with van der Waals surface area (Å²) in [5, 5.41) is 0. The fourth-order valence-corrected chi connectivity index (χ4v) is 9.78. The Labute approximate surface area is 226 Å². The average molecular weight is 495 g/mol. The van der Waals surface area contributed by atoms with E-state index in [9.17, 15) is 0 Å². The van der Waals surface area contributed by atoms with E-state index >= 15 is 0 Å². The van der Waals surface area contributed by atoms with Gasteiger partial charge in [0.05, 0.1) is 0 Å². The van der Waals surface area contributed by atoms with Gasteiger partial charge in [-0.2, -0.15) is 0 Å². The van der Waals surface area contributed by atoms with Crippen LogP contribution in [0, 0.1) is 46.3 Å². The molecule has 0 saturated heterocycles. The fourth-order valence-electron chi connectivity index (χ4n) is 9.78. The Balaban J connectivity index is 0.000000444. The monoisotopic (exact) mass is 494 g/mol. The van der Waals surface area contributed by atoms with Crippen molar-refractivity contribution < 1.29 is 0 Å². The molecule has 0 spiro atoms. The molecule has 206 valence electrons. The molecule has 4 aliphatic carbocycles. The van der Waals surface area contributed by atoms with E-state index in [0.29, 0.717) is 10.8 Å². The van der Waals surface area contributed by atoms with Crippen molar-refractivity contribution >= 4 is 0 Å². The third-order valence-corrected chi connectivity index (χ3v) is 12.0. The molecule has 0 nitrogen and oxygen atoms in total. The molecule has 4 fully saturated rings. The molecule has 0 heteroatoms. The van der Waals surface area contributed by atoms with Crippen LogP contribution in [0.15, 0.2) is 36.5 Å². The second kappa shape index (κ2) is 13.3. The van der Waals surface area contributed by atoms with Crippen molar-refractivity contribution in [3.05, 3.63) is 36.5 Å². The lowest BCUT2D eigenvalue weighted by Crippen LogP contribution is -2.49. The minimum absolute atomic E-state index is 0.465. The van der Waals surface area contributed by atoms with Gasteiger partial charge in [-0.25, -0.2) is 0 Å². The van der Waals surface area contributed by atoms with Gasteiger partial charge in [0, 0.05) is 0 Å². The van der Waals surface area contributed by atoms with E-state index in [-0.39, 0.29) is 0 Å². The van der Waals surface area contributed by atoms with E-state index in [1.54, 1.807) is 0 Å². The maximum atomic E-state index is 4.18. The van der Waals surface area contributed by atoms with Crippen LogP contribution in [0.4, 0.5) is 0 Å². The summed E-state index contributed by atoms with van der Waals surface area (Å²) in [6.45, 7) is 23.0. The lowest BCUT2D eigenvalue weighted by atomic mass is 9.48. The minimum Gasteiger partial charge on any atom is -0.100 e. The number of hydrogen-bond acceptors (Lipinski definition) is 0. The zero-order chi connectivity index (χ0) is 26.3. The van der Waals surface area contributed by atoms with Crippen molar-refractivity contribution in [2.45, 2.75) is 144 Å². The lowest BCUT2D eigenvalue weighted by molar-refractivity contribution is -0.0621. The van der Waals surface area contributed by atoms with E-state index in [2.05, 4.69) is 66.9 Å². The summed E-state index contributed by atoms with van der Waals surface area (Å²) in [5.41, 5.74) is 3.94. The van der Waals surface area contributed by atoms with Crippen molar-refractivity contribution in [3.63, 3.8) is 0 Å². The first-order valence-electron chi connectivity index (χ1n) is 16.1. The molecule has 4 aliphatic rings. The minimum atomic E-state index is 0.465. The first-order valence-corrected chi connectivity index (χ1v) is 16.1. The molecular weight excluding hydrogens is 432 g/mol. The number of rotatable bonds is 7. The molecule has 0 aromatic heterocycles. The van der Waals surface area contributed by atoms with Gasteiger partial charge < -0.3 is 0 Å². The maximum absolute atomic E-state index is 4.18.